The molecular weight excluding hydrogens is 242 g/mol. The van der Waals surface area contributed by atoms with Gasteiger partial charge < -0.3 is 0 Å². The van der Waals surface area contributed by atoms with Gasteiger partial charge in [0.2, 0.25) is 5.91 Å². The zero-order chi connectivity index (χ0) is 14.0. The summed E-state index contributed by atoms with van der Waals surface area (Å²) in [5.41, 5.74) is 1.37. The first-order valence-corrected chi connectivity index (χ1v) is 5.64. The molecule has 0 N–H and O–H groups in total. The van der Waals surface area contributed by atoms with Crippen molar-refractivity contribution in [2.24, 2.45) is 0 Å². The van der Waals surface area contributed by atoms with E-state index >= 15 is 0 Å². The van der Waals surface area contributed by atoms with Gasteiger partial charge >= 0.3 is 0 Å². The molecule has 0 aromatic carbocycles. The van der Waals surface area contributed by atoms with Gasteiger partial charge in [0, 0.05) is 30.6 Å². The lowest BCUT2D eigenvalue weighted by Crippen LogP contribution is -2.29. The predicted octanol–water partition coefficient (Wildman–Crippen LogP) is 1.75. The second kappa shape index (κ2) is 4.86. The Hall–Kier alpha value is -2.74. The summed E-state index contributed by atoms with van der Waals surface area (Å²) in [7, 11) is 0. The van der Waals surface area contributed by atoms with E-state index in [1.807, 2.05) is 6.07 Å². The number of nitrogens with zero attached hydrogens (tertiary/aromatic N) is 3. The lowest BCUT2D eigenvalue weighted by Gasteiger charge is -2.12. The Labute approximate surface area is 109 Å². The lowest BCUT2D eigenvalue weighted by molar-refractivity contribution is 0.0930. The first-order valence-electron chi connectivity index (χ1n) is 5.64. The van der Waals surface area contributed by atoms with E-state index in [1.54, 1.807) is 31.5 Å². The Morgan fingerprint density at radius 1 is 1.37 bits per heavy atom. The van der Waals surface area contributed by atoms with Crippen LogP contribution < -0.4 is 5.56 Å². The smallest absolute Gasteiger partial charge is 0.274 e. The van der Waals surface area contributed by atoms with Crippen LogP contribution in [0, 0.1) is 18.3 Å². The molecule has 2 heterocycles. The molecule has 2 aromatic heterocycles. The van der Waals surface area contributed by atoms with Crippen molar-refractivity contribution in [1.29, 1.82) is 5.26 Å². The van der Waals surface area contributed by atoms with Gasteiger partial charge in [-0.3, -0.25) is 14.6 Å². The molecule has 0 unspecified atom stereocenters. The van der Waals surface area contributed by atoms with Crippen LogP contribution in [0.5, 0.6) is 0 Å². The first kappa shape index (κ1) is 12.7. The molecule has 19 heavy (non-hydrogen) atoms. The third kappa shape index (κ3) is 2.16. The summed E-state index contributed by atoms with van der Waals surface area (Å²) in [5.74, 6) is -0.407. The summed E-state index contributed by atoms with van der Waals surface area (Å²) in [6.07, 6.45) is 3.23. The molecule has 0 bridgehead atoms. The van der Waals surface area contributed by atoms with Crippen molar-refractivity contribution in [3.05, 3.63) is 52.2 Å². The quantitative estimate of drug-likeness (QED) is 0.775. The van der Waals surface area contributed by atoms with Gasteiger partial charge in [-0.05, 0) is 30.7 Å². The van der Waals surface area contributed by atoms with Crippen LogP contribution in [0.4, 0.5) is 0 Å². The van der Waals surface area contributed by atoms with E-state index in [1.165, 1.54) is 13.0 Å². The zero-order valence-electron chi connectivity index (χ0n) is 10.5. The molecule has 0 amide bonds. The molecule has 5 heteroatoms. The van der Waals surface area contributed by atoms with Gasteiger partial charge in [0.1, 0.15) is 11.6 Å². The van der Waals surface area contributed by atoms with Crippen molar-refractivity contribution in [2.75, 3.05) is 0 Å². The number of pyridine rings is 2. The Balaban J connectivity index is 2.85. The van der Waals surface area contributed by atoms with Crippen molar-refractivity contribution in [2.45, 2.75) is 13.8 Å². The zero-order valence-corrected chi connectivity index (χ0v) is 10.5. The number of nitriles is 1. The predicted molar refractivity (Wildman–Crippen MR) is 69.7 cm³/mol. The van der Waals surface area contributed by atoms with Gasteiger partial charge in [-0.25, -0.2) is 4.57 Å². The second-order valence-corrected chi connectivity index (χ2v) is 4.06. The van der Waals surface area contributed by atoms with Gasteiger partial charge in [0.05, 0.1) is 0 Å². The maximum Gasteiger partial charge on any atom is 0.275 e. The molecule has 0 aliphatic rings. The highest BCUT2D eigenvalue weighted by molar-refractivity contribution is 5.80. The third-order valence-corrected chi connectivity index (χ3v) is 2.87. The number of carbonyl (C=O) groups is 1. The van der Waals surface area contributed by atoms with Crippen LogP contribution in [0.15, 0.2) is 35.4 Å². The molecule has 0 radical (unpaired) electrons. The first-order chi connectivity index (χ1) is 9.06. The number of hydrogen-bond acceptors (Lipinski definition) is 4. The van der Waals surface area contributed by atoms with Crippen LogP contribution in [-0.2, 0) is 0 Å². The average Bonchev–Trinajstić information content (AvgIpc) is 2.39. The van der Waals surface area contributed by atoms with Crippen molar-refractivity contribution >= 4 is 5.91 Å². The minimum absolute atomic E-state index is 0.0485. The number of aromatic nitrogens is 2. The van der Waals surface area contributed by atoms with E-state index in [-0.39, 0.29) is 5.56 Å². The molecular formula is C14H11N3O2. The van der Waals surface area contributed by atoms with Crippen LogP contribution >= 0.6 is 0 Å². The second-order valence-electron chi connectivity index (χ2n) is 4.06. The number of hydrogen-bond donors (Lipinski definition) is 0. The summed E-state index contributed by atoms with van der Waals surface area (Å²) in [5, 5.41) is 9.00. The molecule has 0 fully saturated rings. The average molecular weight is 253 g/mol. The maximum atomic E-state index is 12.0. The van der Waals surface area contributed by atoms with Crippen molar-refractivity contribution in [1.82, 2.24) is 9.55 Å². The minimum Gasteiger partial charge on any atom is -0.274 e. The summed E-state index contributed by atoms with van der Waals surface area (Å²) in [6, 6.07) is 6.86. The molecule has 0 atom stereocenters. The maximum absolute atomic E-state index is 12.0. The summed E-state index contributed by atoms with van der Waals surface area (Å²) in [6.45, 7) is 2.98. The van der Waals surface area contributed by atoms with E-state index < -0.39 is 11.5 Å². The molecule has 0 aliphatic heterocycles. The largest absolute Gasteiger partial charge is 0.275 e. The fourth-order valence-corrected chi connectivity index (χ4v) is 1.99. The summed E-state index contributed by atoms with van der Waals surface area (Å²) >= 11 is 0. The van der Waals surface area contributed by atoms with E-state index in [0.717, 1.165) is 10.1 Å². The van der Waals surface area contributed by atoms with Gasteiger partial charge in [-0.15, -0.1) is 0 Å². The fraction of sp³-hybridized carbons (Fsp3) is 0.143. The Morgan fingerprint density at radius 2 is 2.00 bits per heavy atom. The summed E-state index contributed by atoms with van der Waals surface area (Å²) < 4.78 is 1.02. The molecule has 0 aliphatic carbocycles. The van der Waals surface area contributed by atoms with Crippen molar-refractivity contribution < 1.29 is 4.79 Å². The highest BCUT2D eigenvalue weighted by atomic mass is 16.2. The molecule has 94 valence electrons. The van der Waals surface area contributed by atoms with E-state index in [4.69, 9.17) is 5.26 Å². The fourth-order valence-electron chi connectivity index (χ4n) is 1.99. The molecule has 0 spiro atoms. The van der Waals surface area contributed by atoms with Crippen LogP contribution in [0.25, 0.3) is 11.1 Å². The highest BCUT2D eigenvalue weighted by Crippen LogP contribution is 2.22. The van der Waals surface area contributed by atoms with E-state index in [2.05, 4.69) is 4.98 Å². The van der Waals surface area contributed by atoms with Crippen LogP contribution in [0.3, 0.4) is 0 Å². The Bertz CT molecular complexity index is 740. The third-order valence-electron chi connectivity index (χ3n) is 2.87. The van der Waals surface area contributed by atoms with Crippen molar-refractivity contribution in [3.8, 4) is 17.2 Å². The molecule has 5 nitrogen and oxygen atoms in total. The Morgan fingerprint density at radius 3 is 2.53 bits per heavy atom. The normalized spacial score (nSPS) is 9.95. The van der Waals surface area contributed by atoms with Crippen LogP contribution in [0.1, 0.15) is 23.0 Å². The monoisotopic (exact) mass is 253 g/mol. The molecule has 2 aromatic rings. The van der Waals surface area contributed by atoms with E-state index in [0.29, 0.717) is 11.3 Å². The molecule has 0 saturated carbocycles. The topological polar surface area (TPSA) is 75.8 Å². The molecule has 0 saturated heterocycles. The standard InChI is InChI=1S/C14H11N3O2/c1-9-13(11-3-5-16-6-4-11)7-12(8-15)14(19)17(9)10(2)18/h3-7H,1-2H3. The van der Waals surface area contributed by atoms with Crippen LogP contribution in [-0.4, -0.2) is 15.5 Å². The van der Waals surface area contributed by atoms with Crippen LogP contribution in [0.2, 0.25) is 0 Å². The van der Waals surface area contributed by atoms with Gasteiger partial charge in [-0.2, -0.15) is 5.26 Å². The Kier molecular flexibility index (Phi) is 3.25. The highest BCUT2D eigenvalue weighted by Gasteiger charge is 2.15. The van der Waals surface area contributed by atoms with Gasteiger partial charge in [-0.1, -0.05) is 0 Å². The SMILES string of the molecule is CC(=O)n1c(C)c(-c2ccncc2)cc(C#N)c1=O. The number of rotatable bonds is 1. The van der Waals surface area contributed by atoms with E-state index in [9.17, 15) is 9.59 Å². The lowest BCUT2D eigenvalue weighted by atomic mass is 10.0. The van der Waals surface area contributed by atoms with Crippen molar-refractivity contribution in [3.63, 3.8) is 0 Å². The van der Waals surface area contributed by atoms with Gasteiger partial charge in [0.15, 0.2) is 0 Å². The molecule has 2 rings (SSSR count). The summed E-state index contributed by atoms with van der Waals surface area (Å²) in [4.78, 5) is 27.5. The van der Waals surface area contributed by atoms with Gasteiger partial charge in [0.25, 0.3) is 5.56 Å². The minimum atomic E-state index is -0.578. The number of carbonyl (C=O) groups excluding carboxylic acids is 1.